The molecule has 2 unspecified atom stereocenters. The van der Waals surface area contributed by atoms with Gasteiger partial charge >= 0.3 is 11.9 Å². The summed E-state index contributed by atoms with van der Waals surface area (Å²) >= 11 is 0. The van der Waals surface area contributed by atoms with Crippen molar-refractivity contribution in [2.24, 2.45) is 5.92 Å². The number of hydrogen-bond acceptors (Lipinski definition) is 3. The van der Waals surface area contributed by atoms with E-state index in [9.17, 15) is 9.59 Å². The lowest BCUT2D eigenvalue weighted by molar-refractivity contribution is -0.149. The Bertz CT molecular complexity index is 367. The van der Waals surface area contributed by atoms with Gasteiger partial charge in [-0.2, -0.15) is 0 Å². The van der Waals surface area contributed by atoms with E-state index in [0.29, 0.717) is 6.42 Å². The molecule has 0 radical (unpaired) electrons. The maximum absolute atomic E-state index is 11.1. The van der Waals surface area contributed by atoms with Crippen molar-refractivity contribution in [1.29, 1.82) is 0 Å². The average Bonchev–Trinajstić information content (AvgIpc) is 2.21. The lowest BCUT2D eigenvalue weighted by atomic mass is 9.97. The molecular formula is C12H24O5Si2. The Morgan fingerprint density at radius 3 is 2.26 bits per heavy atom. The predicted molar refractivity (Wildman–Crippen MR) is 77.3 cm³/mol. The summed E-state index contributed by atoms with van der Waals surface area (Å²) < 4.78 is 6.20. The lowest BCUT2D eigenvalue weighted by Gasteiger charge is -2.46. The third-order valence-corrected chi connectivity index (χ3v) is 21.1. The Balaban J connectivity index is 2.67. The monoisotopic (exact) mass is 304 g/mol. The first kappa shape index (κ1) is 16.4. The van der Waals surface area contributed by atoms with Gasteiger partial charge in [-0.25, -0.2) is 0 Å². The van der Waals surface area contributed by atoms with Crippen LogP contribution in [-0.2, 0) is 14.0 Å². The molecule has 2 N–H and O–H groups in total. The molecule has 0 saturated carbocycles. The van der Waals surface area contributed by atoms with Crippen LogP contribution < -0.4 is 0 Å². The third kappa shape index (κ3) is 4.15. The summed E-state index contributed by atoms with van der Waals surface area (Å²) in [5, 5.41) is 17.8. The van der Waals surface area contributed by atoms with E-state index in [0.717, 1.165) is 12.5 Å². The first-order valence-electron chi connectivity index (χ1n) is 6.67. The van der Waals surface area contributed by atoms with Gasteiger partial charge in [-0.3, -0.25) is 9.59 Å². The normalized spacial score (nSPS) is 26.6. The number of carboxylic acids is 2. The minimum Gasteiger partial charge on any atom is -0.481 e. The highest BCUT2D eigenvalue weighted by molar-refractivity contribution is 7.38. The Hall–Kier alpha value is -0.666. The fourth-order valence-corrected chi connectivity index (χ4v) is 9.13. The summed E-state index contributed by atoms with van der Waals surface area (Å²) in [6, 6.07) is 1.15. The topological polar surface area (TPSA) is 83.8 Å². The van der Waals surface area contributed by atoms with E-state index in [1.807, 2.05) is 0 Å². The Morgan fingerprint density at radius 2 is 1.84 bits per heavy atom. The zero-order valence-corrected chi connectivity index (χ0v) is 14.1. The fraction of sp³-hybridized carbons (Fsp3) is 0.833. The van der Waals surface area contributed by atoms with Gasteiger partial charge in [-0.15, -0.1) is 0 Å². The van der Waals surface area contributed by atoms with Crippen LogP contribution in [0.3, 0.4) is 0 Å². The molecule has 1 aliphatic heterocycles. The van der Waals surface area contributed by atoms with Crippen LogP contribution in [0, 0.1) is 5.92 Å². The van der Waals surface area contributed by atoms with Crippen LogP contribution in [0.15, 0.2) is 0 Å². The average molecular weight is 304 g/mol. The molecule has 1 heterocycles. The van der Waals surface area contributed by atoms with Crippen molar-refractivity contribution in [3.8, 4) is 0 Å². The highest BCUT2D eigenvalue weighted by Gasteiger charge is 2.48. The van der Waals surface area contributed by atoms with Gasteiger partial charge in [0, 0.05) is 6.10 Å². The van der Waals surface area contributed by atoms with Crippen LogP contribution in [0.4, 0.5) is 0 Å². The number of carboxylic acid groups (broad SMARTS) is 2. The van der Waals surface area contributed by atoms with Crippen LogP contribution in [0.5, 0.6) is 0 Å². The summed E-state index contributed by atoms with van der Waals surface area (Å²) in [4.78, 5) is 21.8. The van der Waals surface area contributed by atoms with Crippen molar-refractivity contribution < 1.29 is 24.2 Å². The predicted octanol–water partition coefficient (Wildman–Crippen LogP) is 2.33. The summed E-state index contributed by atoms with van der Waals surface area (Å²) in [5.41, 5.74) is 0. The van der Waals surface area contributed by atoms with Crippen LogP contribution >= 0.6 is 0 Å². The van der Waals surface area contributed by atoms with Crippen molar-refractivity contribution in [3.63, 3.8) is 0 Å². The van der Waals surface area contributed by atoms with Crippen molar-refractivity contribution in [2.45, 2.75) is 57.6 Å². The highest BCUT2D eigenvalue weighted by Crippen LogP contribution is 2.35. The number of hydrogen-bond donors (Lipinski definition) is 2. The van der Waals surface area contributed by atoms with Gasteiger partial charge in [0.25, 0.3) is 0 Å². The third-order valence-electron chi connectivity index (χ3n) is 4.50. The quantitative estimate of drug-likeness (QED) is 0.762. The second-order valence-electron chi connectivity index (χ2n) is 6.54. The maximum atomic E-state index is 11.1. The zero-order chi connectivity index (χ0) is 14.8. The molecule has 5 nitrogen and oxygen atoms in total. The molecule has 0 amide bonds. The Morgan fingerprint density at radius 1 is 1.26 bits per heavy atom. The molecule has 0 aromatic rings. The molecule has 1 saturated heterocycles. The van der Waals surface area contributed by atoms with Crippen molar-refractivity contribution in [2.75, 3.05) is 0 Å². The number of rotatable bonds is 5. The minimum absolute atomic E-state index is 0.0809. The largest absolute Gasteiger partial charge is 0.481 e. The van der Waals surface area contributed by atoms with Crippen molar-refractivity contribution >= 4 is 27.4 Å². The summed E-state index contributed by atoms with van der Waals surface area (Å²) in [7, 11) is -3.04. The Labute approximate surface area is 115 Å². The van der Waals surface area contributed by atoms with Crippen LogP contribution in [0.25, 0.3) is 0 Å². The molecule has 0 bridgehead atoms. The van der Waals surface area contributed by atoms with E-state index in [1.54, 1.807) is 0 Å². The first-order chi connectivity index (χ1) is 8.55. The summed E-state index contributed by atoms with van der Waals surface area (Å²) in [6.07, 6.45) is 0.794. The van der Waals surface area contributed by atoms with Gasteiger partial charge < -0.3 is 14.6 Å². The molecule has 0 spiro atoms. The van der Waals surface area contributed by atoms with E-state index in [-0.39, 0.29) is 12.5 Å². The van der Waals surface area contributed by atoms with E-state index >= 15 is 0 Å². The molecule has 1 aliphatic rings. The van der Waals surface area contributed by atoms with Crippen LogP contribution in [0.2, 0.25) is 32.2 Å². The van der Waals surface area contributed by atoms with Gasteiger partial charge in [0.05, 0.1) is 19.9 Å². The Kier molecular flexibility index (Phi) is 4.97. The molecule has 7 heteroatoms. The van der Waals surface area contributed by atoms with E-state index in [4.69, 9.17) is 14.6 Å². The first-order valence-corrected chi connectivity index (χ1v) is 13.8. The molecule has 19 heavy (non-hydrogen) atoms. The number of aliphatic carboxylic acids is 2. The van der Waals surface area contributed by atoms with Gasteiger partial charge in [-0.1, -0.05) is 19.1 Å². The van der Waals surface area contributed by atoms with Crippen LogP contribution in [-0.4, -0.2) is 43.7 Å². The van der Waals surface area contributed by atoms with E-state index < -0.39 is 33.3 Å². The molecule has 1 fully saturated rings. The molecule has 0 aromatic heterocycles. The van der Waals surface area contributed by atoms with Gasteiger partial charge in [-0.05, 0) is 25.9 Å². The second-order valence-corrected chi connectivity index (χ2v) is 21.7. The van der Waals surface area contributed by atoms with Gasteiger partial charge in [0.2, 0.25) is 0 Å². The maximum Gasteiger partial charge on any atom is 0.307 e. The smallest absolute Gasteiger partial charge is 0.307 e. The summed E-state index contributed by atoms with van der Waals surface area (Å²) in [6.45, 7) is 9.08. The van der Waals surface area contributed by atoms with Crippen molar-refractivity contribution in [3.05, 3.63) is 0 Å². The number of carbonyl (C=O) groups is 2. The molecule has 0 aromatic carbocycles. The molecule has 0 aliphatic carbocycles. The summed E-state index contributed by atoms with van der Waals surface area (Å²) in [5.74, 6) is -2.93. The van der Waals surface area contributed by atoms with Gasteiger partial charge in [0.15, 0.2) is 7.83 Å². The molecule has 1 rings (SSSR count). The zero-order valence-electron chi connectivity index (χ0n) is 12.1. The lowest BCUT2D eigenvalue weighted by Crippen LogP contribution is -2.61. The highest BCUT2D eigenvalue weighted by atomic mass is 29.3. The van der Waals surface area contributed by atoms with Gasteiger partial charge in [0.1, 0.15) is 0 Å². The fourth-order valence-electron chi connectivity index (χ4n) is 2.42. The molecule has 110 valence electrons. The van der Waals surface area contributed by atoms with E-state index in [1.165, 1.54) is 0 Å². The standard InChI is InChI=1S/C12H24O5Si2/c1-18(2)6-5-10(17-19(18,3)4)7-9(12(15)16)8-11(13)14/h9-10H,5-8H2,1-4H3,(H,13,14)(H,15,16). The SMILES string of the molecule is C[Si]1(C)CCC(CC(CC(=O)O)C(=O)O)O[Si]1(C)C. The van der Waals surface area contributed by atoms with E-state index in [2.05, 4.69) is 26.2 Å². The second kappa shape index (κ2) is 5.76. The minimum atomic E-state index is -1.72. The van der Waals surface area contributed by atoms with Crippen molar-refractivity contribution in [1.82, 2.24) is 0 Å². The molecule has 2 atom stereocenters. The van der Waals surface area contributed by atoms with Crippen LogP contribution in [0.1, 0.15) is 19.3 Å². The molecular weight excluding hydrogens is 280 g/mol.